The van der Waals surface area contributed by atoms with Gasteiger partial charge in [-0.25, -0.2) is 9.07 Å². The number of carbonyl (C=O) groups excluding carboxylic acids is 3. The fourth-order valence-corrected chi connectivity index (χ4v) is 9.90. The summed E-state index contributed by atoms with van der Waals surface area (Å²) in [5.74, 6) is -1.99. The molecule has 2 aromatic heterocycles. The lowest BCUT2D eigenvalue weighted by Gasteiger charge is -2.45. The molecule has 12 atom stereocenters. The number of benzene rings is 3. The number of phenols is 1. The molecule has 7 unspecified atom stereocenters. The number of tetrazole rings is 1. The summed E-state index contributed by atoms with van der Waals surface area (Å²) in [7, 11) is 0. The fourth-order valence-electron chi connectivity index (χ4n) is 8.58. The van der Waals surface area contributed by atoms with Gasteiger partial charge in [0.1, 0.15) is 94.1 Å². The number of aromatic hydroxyl groups is 1. The van der Waals surface area contributed by atoms with E-state index in [4.69, 9.17) is 18.9 Å². The standard InChI is InChI=1S/C43H41FN8O14S/c44-21-3-1-2-19(10-21)27-15-51(49-46-27)35-37(58)31(16-53)65-42(39(35)60)67-43-40(61)36(38(59)32(17-54)66-43)52-48-33(47-50-52)14-45-41(62)20-4-7-24(28(11-20)63-18-55)34-25-8-5-22(56)12-29(25)64-30-13-23(57)6-9-26(30)34/h1-13,15,18,25,31-32,34-40,42-43,53-54,57-61H,14,16-17H2,(H,45,62)/t25?,31?,32-,34?,35?,36?,37+,38?,39+,40-,42+,43?/m1/s1. The van der Waals surface area contributed by atoms with Crippen LogP contribution >= 0.6 is 11.8 Å². The first-order valence-electron chi connectivity index (χ1n) is 20.7. The third-order valence-electron chi connectivity index (χ3n) is 11.8. The van der Waals surface area contributed by atoms with Crippen LogP contribution in [0.5, 0.6) is 17.2 Å². The van der Waals surface area contributed by atoms with Crippen LogP contribution in [0.1, 0.15) is 45.3 Å². The number of aromatic nitrogens is 7. The summed E-state index contributed by atoms with van der Waals surface area (Å²) in [4.78, 5) is 38.4. The molecule has 3 aliphatic heterocycles. The molecule has 67 heavy (non-hydrogen) atoms. The van der Waals surface area contributed by atoms with Crippen molar-refractivity contribution in [2.45, 2.75) is 72.0 Å². The molecule has 9 rings (SSSR count). The van der Waals surface area contributed by atoms with Crippen molar-refractivity contribution < 1.29 is 73.5 Å². The summed E-state index contributed by atoms with van der Waals surface area (Å²) < 4.78 is 38.1. The van der Waals surface area contributed by atoms with Crippen LogP contribution in [0.4, 0.5) is 4.39 Å². The highest BCUT2D eigenvalue weighted by atomic mass is 32.2. The third kappa shape index (κ3) is 8.93. The molecule has 5 aromatic rings. The number of nitrogens with zero attached hydrogens (tertiary/aromatic N) is 7. The van der Waals surface area contributed by atoms with Crippen LogP contribution in [0.3, 0.4) is 0 Å². The minimum atomic E-state index is -1.67. The number of halogens is 1. The minimum absolute atomic E-state index is 0.0359. The van der Waals surface area contributed by atoms with E-state index < -0.39 is 96.4 Å². The zero-order valence-electron chi connectivity index (χ0n) is 34.6. The molecule has 1 aliphatic carbocycles. The van der Waals surface area contributed by atoms with E-state index in [-0.39, 0.29) is 47.4 Å². The number of hydrogen-bond donors (Lipinski definition) is 8. The number of ether oxygens (including phenoxy) is 4. The normalized spacial score (nSPS) is 29.0. The van der Waals surface area contributed by atoms with Gasteiger partial charge in [0.2, 0.25) is 0 Å². The zero-order chi connectivity index (χ0) is 47.1. The Morgan fingerprint density at radius 1 is 0.896 bits per heavy atom. The van der Waals surface area contributed by atoms with Crippen molar-refractivity contribution in [3.8, 4) is 28.5 Å². The first kappa shape index (κ1) is 45.7. The van der Waals surface area contributed by atoms with Crippen molar-refractivity contribution >= 4 is 29.9 Å². The maximum atomic E-state index is 13.9. The molecule has 350 valence electrons. The van der Waals surface area contributed by atoms with E-state index in [9.17, 15) is 54.5 Å². The number of nitrogens with one attached hydrogen (secondary N) is 1. The highest BCUT2D eigenvalue weighted by molar-refractivity contribution is 8.00. The molecule has 22 nitrogen and oxygen atoms in total. The van der Waals surface area contributed by atoms with Gasteiger partial charge in [-0.2, -0.15) is 4.80 Å². The maximum absolute atomic E-state index is 13.9. The lowest BCUT2D eigenvalue weighted by Crippen LogP contribution is -2.58. The van der Waals surface area contributed by atoms with Gasteiger partial charge >= 0.3 is 0 Å². The lowest BCUT2D eigenvalue weighted by molar-refractivity contribution is -0.190. The molecule has 2 fully saturated rings. The summed E-state index contributed by atoms with van der Waals surface area (Å²) in [6.07, 6.45) is -3.18. The number of aliphatic hydroxyl groups excluding tert-OH is 6. The third-order valence-corrected chi connectivity index (χ3v) is 13.1. The van der Waals surface area contributed by atoms with Crippen molar-refractivity contribution in [3.63, 3.8) is 0 Å². The van der Waals surface area contributed by atoms with E-state index in [0.29, 0.717) is 28.2 Å². The van der Waals surface area contributed by atoms with Crippen LogP contribution in [0, 0.1) is 11.7 Å². The van der Waals surface area contributed by atoms with Crippen LogP contribution in [0.2, 0.25) is 0 Å². The van der Waals surface area contributed by atoms with Gasteiger partial charge in [-0.3, -0.25) is 14.4 Å². The molecule has 1 amide bonds. The summed E-state index contributed by atoms with van der Waals surface area (Å²) in [5, 5.41) is 99.0. The molecule has 0 radical (unpaired) electrons. The summed E-state index contributed by atoms with van der Waals surface area (Å²) in [5.41, 5.74) is -0.911. The highest BCUT2D eigenvalue weighted by Gasteiger charge is 2.52. The van der Waals surface area contributed by atoms with Crippen molar-refractivity contribution in [1.29, 1.82) is 0 Å². The molecule has 0 bridgehead atoms. The molecule has 5 heterocycles. The number of carbonyl (C=O) groups is 3. The number of phenolic OH excluding ortho intramolecular Hbond substituents is 1. The Balaban J connectivity index is 0.899. The largest absolute Gasteiger partial charge is 0.508 e. The van der Waals surface area contributed by atoms with Gasteiger partial charge in [-0.15, -0.1) is 15.3 Å². The SMILES string of the molecule is O=COc1cc(C(=O)NCc2nnn(C3C(O)[C@@H](CO)OC(S[C@@H]4OC(CO)[C@H](O)C(n5cc(-c6cccc(F)c6)nn5)[C@@H]4O)[C@@H]3O)n2)ccc1C1c2ccc(O)cc2OC2=CC(=O)C=CC21. The van der Waals surface area contributed by atoms with Gasteiger partial charge in [-0.1, -0.05) is 47.3 Å². The molecule has 2 saturated heterocycles. The van der Waals surface area contributed by atoms with Crippen LogP contribution in [0.25, 0.3) is 11.3 Å². The van der Waals surface area contributed by atoms with E-state index in [1.165, 1.54) is 60.8 Å². The maximum Gasteiger partial charge on any atom is 0.298 e. The van der Waals surface area contributed by atoms with E-state index in [1.54, 1.807) is 24.3 Å². The van der Waals surface area contributed by atoms with Crippen molar-refractivity contribution in [2.24, 2.45) is 5.92 Å². The number of aliphatic hydroxyl groups is 6. The van der Waals surface area contributed by atoms with Gasteiger partial charge in [0.05, 0.1) is 26.0 Å². The van der Waals surface area contributed by atoms with Gasteiger partial charge in [0.25, 0.3) is 12.4 Å². The van der Waals surface area contributed by atoms with E-state index in [1.807, 2.05) is 0 Å². The summed E-state index contributed by atoms with van der Waals surface area (Å²) in [6.45, 7) is -1.53. The molecule has 3 aromatic carbocycles. The van der Waals surface area contributed by atoms with Crippen molar-refractivity contribution in [2.75, 3.05) is 13.2 Å². The first-order chi connectivity index (χ1) is 32.3. The number of rotatable bonds is 13. The minimum Gasteiger partial charge on any atom is -0.508 e. The number of fused-ring (bicyclic) bond motifs is 2. The van der Waals surface area contributed by atoms with Crippen molar-refractivity contribution in [1.82, 2.24) is 40.5 Å². The first-order valence-corrected chi connectivity index (χ1v) is 21.6. The zero-order valence-corrected chi connectivity index (χ0v) is 35.4. The van der Waals surface area contributed by atoms with E-state index >= 15 is 0 Å². The van der Waals surface area contributed by atoms with Crippen LogP contribution < -0.4 is 14.8 Å². The number of allylic oxidation sites excluding steroid dienone is 3. The second kappa shape index (κ2) is 19.0. The second-order valence-electron chi connectivity index (χ2n) is 15.9. The number of amides is 1. The monoisotopic (exact) mass is 944 g/mol. The smallest absolute Gasteiger partial charge is 0.298 e. The average Bonchev–Trinajstić information content (AvgIpc) is 4.00. The molecule has 4 aliphatic rings. The fraction of sp³-hybridized carbons (Fsp3) is 0.349. The van der Waals surface area contributed by atoms with Gasteiger partial charge in [0.15, 0.2) is 11.6 Å². The number of thioether (sulfide) groups is 1. The number of ketones is 1. The molecule has 8 N–H and O–H groups in total. The quantitative estimate of drug-likeness (QED) is 0.0709. The Kier molecular flexibility index (Phi) is 13.0. The van der Waals surface area contributed by atoms with Gasteiger partial charge in [-0.05, 0) is 41.6 Å². The predicted octanol–water partition coefficient (Wildman–Crippen LogP) is -0.202. The summed E-state index contributed by atoms with van der Waals surface area (Å²) in [6, 6.07) is 11.9. The van der Waals surface area contributed by atoms with E-state index in [2.05, 4.69) is 31.0 Å². The summed E-state index contributed by atoms with van der Waals surface area (Å²) >= 11 is 0.724. The van der Waals surface area contributed by atoms with Crippen molar-refractivity contribution in [3.05, 3.63) is 119 Å². The predicted molar refractivity (Wildman–Crippen MR) is 225 cm³/mol. The van der Waals surface area contributed by atoms with Crippen LogP contribution in [0.15, 0.2) is 90.8 Å². The molecular weight excluding hydrogens is 904 g/mol. The van der Waals surface area contributed by atoms with Crippen LogP contribution in [-0.4, -0.2) is 150 Å². The topological polar surface area (TPSA) is 316 Å². The molecule has 0 saturated carbocycles. The Morgan fingerprint density at radius 2 is 1.63 bits per heavy atom. The Hall–Kier alpha value is -6.48. The Bertz CT molecular complexity index is 2740. The van der Waals surface area contributed by atoms with Gasteiger partial charge in [0, 0.05) is 46.2 Å². The Labute approximate surface area is 381 Å². The molecular formula is C43H41FN8O14S. The molecule has 0 spiro atoms. The second-order valence-corrected chi connectivity index (χ2v) is 17.1. The molecule has 24 heteroatoms. The average molecular weight is 945 g/mol. The lowest BCUT2D eigenvalue weighted by atomic mass is 9.75. The highest BCUT2D eigenvalue weighted by Crippen LogP contribution is 2.50. The number of hydrogen-bond acceptors (Lipinski definition) is 20. The van der Waals surface area contributed by atoms with Gasteiger partial charge < -0.3 is 60.0 Å². The Morgan fingerprint density at radius 3 is 2.36 bits per heavy atom. The van der Waals surface area contributed by atoms with Crippen LogP contribution in [-0.2, 0) is 25.6 Å². The van der Waals surface area contributed by atoms with E-state index in [0.717, 1.165) is 21.2 Å².